The number of benzene rings is 1. The minimum atomic E-state index is -1.59. The summed E-state index contributed by atoms with van der Waals surface area (Å²) in [6, 6.07) is 2.99. The summed E-state index contributed by atoms with van der Waals surface area (Å²) in [4.78, 5) is 17.9. The van der Waals surface area contributed by atoms with Crippen LogP contribution in [0.25, 0.3) is 33.1 Å². The molecule has 4 N–H and O–H groups in total. The van der Waals surface area contributed by atoms with Crippen LogP contribution in [-0.2, 0) is 0 Å². The predicted octanol–water partition coefficient (Wildman–Crippen LogP) is 4.41. The van der Waals surface area contributed by atoms with E-state index in [1.54, 1.807) is 38.9 Å². The number of fused-ring (bicyclic) bond motifs is 3. The summed E-state index contributed by atoms with van der Waals surface area (Å²) in [7, 11) is 3.29. The number of nitrogens with zero attached hydrogens (tertiary/aromatic N) is 4. The number of rotatable bonds is 5. The second-order valence-electron chi connectivity index (χ2n) is 8.86. The summed E-state index contributed by atoms with van der Waals surface area (Å²) in [5.41, 5.74) is 8.02. The van der Waals surface area contributed by atoms with Crippen molar-refractivity contribution in [1.82, 2.24) is 15.0 Å². The zero-order chi connectivity index (χ0) is 24.7. The Morgan fingerprint density at radius 1 is 1.26 bits per heavy atom. The number of H-pyrrole nitrogens is 1. The molecule has 10 heteroatoms. The van der Waals surface area contributed by atoms with Crippen molar-refractivity contribution >= 4 is 39.5 Å². The van der Waals surface area contributed by atoms with Crippen LogP contribution in [0.2, 0.25) is 0 Å². The van der Waals surface area contributed by atoms with Crippen molar-refractivity contribution in [1.29, 1.82) is 0 Å². The van der Waals surface area contributed by atoms with Crippen LogP contribution in [0.3, 0.4) is 0 Å². The lowest BCUT2D eigenvalue weighted by atomic mass is 9.92. The molecule has 0 saturated carbocycles. The maximum absolute atomic E-state index is 15.5. The molecule has 0 radical (unpaired) electrons. The van der Waals surface area contributed by atoms with Crippen molar-refractivity contribution in [2.45, 2.75) is 18.5 Å². The number of anilines is 2. The van der Waals surface area contributed by atoms with Crippen LogP contribution in [0, 0.1) is 11.6 Å². The Labute approximate surface area is 200 Å². The Morgan fingerprint density at radius 2 is 2.09 bits per heavy atom. The van der Waals surface area contributed by atoms with Gasteiger partial charge in [0.05, 0.1) is 34.2 Å². The van der Waals surface area contributed by atoms with E-state index in [4.69, 9.17) is 5.73 Å². The first-order chi connectivity index (χ1) is 16.9. The van der Waals surface area contributed by atoms with E-state index in [1.165, 1.54) is 0 Å². The van der Waals surface area contributed by atoms with E-state index in [0.717, 1.165) is 11.6 Å². The molecular formula is C25H26F3N7. The number of pyridine rings is 2. The smallest absolute Gasteiger partial charge is 0.169 e. The fourth-order valence-electron chi connectivity index (χ4n) is 4.95. The maximum Gasteiger partial charge on any atom is 0.169 e. The minimum absolute atomic E-state index is 0.0294. The van der Waals surface area contributed by atoms with Crippen molar-refractivity contribution in [2.75, 3.05) is 43.9 Å². The number of hydrogen-bond donors (Lipinski definition) is 3. The normalized spacial score (nSPS) is 18.7. The fourth-order valence-corrected chi connectivity index (χ4v) is 4.95. The third kappa shape index (κ3) is 3.87. The number of alkyl halides is 1. The molecule has 1 unspecified atom stereocenters. The van der Waals surface area contributed by atoms with Crippen LogP contribution in [-0.4, -0.2) is 60.6 Å². The van der Waals surface area contributed by atoms with E-state index in [1.807, 2.05) is 11.0 Å². The third-order valence-electron chi connectivity index (χ3n) is 6.59. The molecule has 3 aromatic heterocycles. The molecule has 0 spiro atoms. The maximum atomic E-state index is 15.5. The third-order valence-corrected chi connectivity index (χ3v) is 6.59. The summed E-state index contributed by atoms with van der Waals surface area (Å²) in [5.74, 6) is -1.97. The van der Waals surface area contributed by atoms with Crippen LogP contribution in [0.5, 0.6) is 0 Å². The van der Waals surface area contributed by atoms with Crippen molar-refractivity contribution in [3.8, 4) is 11.1 Å². The average Bonchev–Trinajstić information content (AvgIpc) is 3.26. The largest absolute Gasteiger partial charge is 0.386 e. The summed E-state index contributed by atoms with van der Waals surface area (Å²) >= 11 is 0. The molecule has 35 heavy (non-hydrogen) atoms. The number of nitrogens with one attached hydrogen (secondary N) is 2. The zero-order valence-corrected chi connectivity index (χ0v) is 19.5. The second kappa shape index (κ2) is 8.84. The number of piperidine rings is 1. The van der Waals surface area contributed by atoms with Crippen molar-refractivity contribution in [3.63, 3.8) is 0 Å². The summed E-state index contributed by atoms with van der Waals surface area (Å²) in [5, 5.41) is 3.36. The zero-order valence-electron chi connectivity index (χ0n) is 19.5. The minimum Gasteiger partial charge on any atom is -0.386 e. The first-order valence-corrected chi connectivity index (χ1v) is 11.4. The number of halogens is 3. The standard InChI is InChI=1S/C25H26F3N7/c1-30-8-14-6-15(10-32-9-14)16-11-33-24-20(23(16)35-5-3-4-25(28,12-29)13-35)19-21(27)17(26)7-18(31-2)22(19)34-24/h6-11,31H,3-5,12-13,29H2,1-2H3,(H,33,34)/b30-8+. The van der Waals surface area contributed by atoms with E-state index >= 15 is 8.78 Å². The molecular weight excluding hydrogens is 455 g/mol. The Kier molecular flexibility index (Phi) is 5.84. The van der Waals surface area contributed by atoms with E-state index in [9.17, 15) is 4.39 Å². The van der Waals surface area contributed by atoms with Crippen LogP contribution in [0.15, 0.2) is 35.7 Å². The molecule has 1 fully saturated rings. The van der Waals surface area contributed by atoms with Crippen LogP contribution < -0.4 is 16.0 Å². The first-order valence-electron chi connectivity index (χ1n) is 11.4. The van der Waals surface area contributed by atoms with Gasteiger partial charge in [0.15, 0.2) is 11.6 Å². The van der Waals surface area contributed by atoms with Crippen molar-refractivity contribution < 1.29 is 13.2 Å². The number of aromatic amines is 1. The first kappa shape index (κ1) is 23.1. The molecule has 1 saturated heterocycles. The van der Waals surface area contributed by atoms with Crippen molar-refractivity contribution in [3.05, 3.63) is 47.9 Å². The van der Waals surface area contributed by atoms with Gasteiger partial charge in [-0.2, -0.15) is 0 Å². The highest BCUT2D eigenvalue weighted by Crippen LogP contribution is 2.44. The molecule has 0 bridgehead atoms. The highest BCUT2D eigenvalue weighted by Gasteiger charge is 2.36. The highest BCUT2D eigenvalue weighted by atomic mass is 19.2. The monoisotopic (exact) mass is 481 g/mol. The Bertz CT molecular complexity index is 1450. The Hall–Kier alpha value is -3.66. The SMILES string of the molecule is C/N=C/c1cncc(-c2cnc3[nH]c4c(NC)cc(F)c(F)c4c3c2N2CCCC(F)(CN)C2)c1. The summed E-state index contributed by atoms with van der Waals surface area (Å²) < 4.78 is 45.5. The highest BCUT2D eigenvalue weighted by molar-refractivity contribution is 6.18. The Morgan fingerprint density at radius 3 is 2.83 bits per heavy atom. The summed E-state index contributed by atoms with van der Waals surface area (Å²) in [6.07, 6.45) is 7.57. The molecule has 1 aromatic carbocycles. The summed E-state index contributed by atoms with van der Waals surface area (Å²) in [6.45, 7) is 0.434. The molecule has 0 aliphatic carbocycles. The van der Waals surface area contributed by atoms with Crippen LogP contribution >= 0.6 is 0 Å². The number of hydrogen-bond acceptors (Lipinski definition) is 6. The van der Waals surface area contributed by atoms with E-state index < -0.39 is 17.3 Å². The molecule has 4 aromatic rings. The van der Waals surface area contributed by atoms with E-state index in [0.29, 0.717) is 58.4 Å². The number of aliphatic imine (C=N–C) groups is 1. The molecule has 1 atom stereocenters. The van der Waals surface area contributed by atoms with Gasteiger partial charge < -0.3 is 20.9 Å². The van der Waals surface area contributed by atoms with Gasteiger partial charge in [-0.3, -0.25) is 9.98 Å². The van der Waals surface area contributed by atoms with E-state index in [2.05, 4.69) is 25.3 Å². The van der Waals surface area contributed by atoms with Crippen molar-refractivity contribution in [2.24, 2.45) is 10.7 Å². The molecule has 182 valence electrons. The van der Waals surface area contributed by atoms with Crippen LogP contribution in [0.4, 0.5) is 24.5 Å². The number of nitrogens with two attached hydrogens (primary N) is 1. The second-order valence-corrected chi connectivity index (χ2v) is 8.86. The lowest BCUT2D eigenvalue weighted by Crippen LogP contribution is -2.49. The van der Waals surface area contributed by atoms with Gasteiger partial charge in [0.1, 0.15) is 11.3 Å². The van der Waals surface area contributed by atoms with Gasteiger partial charge in [-0.05, 0) is 18.9 Å². The average molecular weight is 482 g/mol. The van der Waals surface area contributed by atoms with Gasteiger partial charge in [0.25, 0.3) is 0 Å². The Balaban J connectivity index is 1.87. The molecule has 5 rings (SSSR count). The molecule has 0 amide bonds. The van der Waals surface area contributed by atoms with Gasteiger partial charge in [-0.1, -0.05) is 0 Å². The van der Waals surface area contributed by atoms with Gasteiger partial charge in [0, 0.05) is 74.7 Å². The molecule has 1 aliphatic rings. The van der Waals surface area contributed by atoms with Gasteiger partial charge >= 0.3 is 0 Å². The fraction of sp³-hybridized carbons (Fsp3) is 0.320. The van der Waals surface area contributed by atoms with E-state index in [-0.39, 0.29) is 18.5 Å². The lowest BCUT2D eigenvalue weighted by Gasteiger charge is -2.39. The lowest BCUT2D eigenvalue weighted by molar-refractivity contribution is 0.146. The number of aromatic nitrogens is 3. The molecule has 4 heterocycles. The van der Waals surface area contributed by atoms with Gasteiger partial charge in [0.2, 0.25) is 0 Å². The van der Waals surface area contributed by atoms with Gasteiger partial charge in [-0.15, -0.1) is 0 Å². The topological polar surface area (TPSA) is 95.2 Å². The predicted molar refractivity (Wildman–Crippen MR) is 134 cm³/mol. The quantitative estimate of drug-likeness (QED) is 0.367. The molecule has 1 aliphatic heterocycles. The van der Waals surface area contributed by atoms with Gasteiger partial charge in [-0.25, -0.2) is 18.2 Å². The molecule has 7 nitrogen and oxygen atoms in total. The van der Waals surface area contributed by atoms with Crippen LogP contribution in [0.1, 0.15) is 18.4 Å².